The van der Waals surface area contributed by atoms with E-state index in [1.807, 2.05) is 19.9 Å². The van der Waals surface area contributed by atoms with Crippen molar-refractivity contribution in [1.29, 1.82) is 0 Å². The van der Waals surface area contributed by atoms with Gasteiger partial charge >= 0.3 is 0 Å². The molecule has 0 aliphatic carbocycles. The Hall–Kier alpha value is -0.946. The van der Waals surface area contributed by atoms with E-state index in [0.717, 1.165) is 11.1 Å². The van der Waals surface area contributed by atoms with Crippen LogP contribution in [0.2, 0.25) is 0 Å². The van der Waals surface area contributed by atoms with Crippen LogP contribution in [0.3, 0.4) is 0 Å². The van der Waals surface area contributed by atoms with E-state index in [1.165, 1.54) is 12.1 Å². The molecule has 24 heavy (non-hydrogen) atoms. The van der Waals surface area contributed by atoms with Gasteiger partial charge in [-0.25, -0.2) is 0 Å². The Bertz CT molecular complexity index is 802. The van der Waals surface area contributed by atoms with Crippen molar-refractivity contribution in [3.8, 4) is 11.5 Å². The molecule has 0 aromatic heterocycles. The van der Waals surface area contributed by atoms with Gasteiger partial charge in [-0.1, -0.05) is 24.6 Å². The monoisotopic (exact) mass is 422 g/mol. The van der Waals surface area contributed by atoms with Crippen LogP contribution >= 0.6 is 0 Å². The van der Waals surface area contributed by atoms with Crippen molar-refractivity contribution in [2.75, 3.05) is 13.2 Å². The normalized spacial score (nSPS) is 16.3. The van der Waals surface area contributed by atoms with E-state index in [2.05, 4.69) is 6.07 Å². The molecule has 5 nitrogen and oxygen atoms in total. The van der Waals surface area contributed by atoms with E-state index in [-0.39, 0.29) is 50.8 Å². The standard InChI is InChI=1S/C17H17O5S.Y/c1-12-3-6-15(7-4-12)23(18,19)21-11-14-10-20-16-8-5-13(2)9-17(16)22-14;/h3-8,14H,10-11H2,1-2H3;/q-1;. The van der Waals surface area contributed by atoms with Gasteiger partial charge < -0.3 is 9.47 Å². The number of aryl methyl sites for hydroxylation is 2. The Balaban J connectivity index is 0.00000208. The van der Waals surface area contributed by atoms with Crippen molar-refractivity contribution in [2.45, 2.75) is 24.8 Å². The van der Waals surface area contributed by atoms with E-state index in [1.54, 1.807) is 18.2 Å². The SMILES string of the molecule is Cc1[c-]c2c(cc1)OCC(COS(=O)(=O)c1ccc(C)cc1)O2.[Y]. The second-order valence-electron chi connectivity index (χ2n) is 5.44. The van der Waals surface area contributed by atoms with Crippen molar-refractivity contribution in [3.63, 3.8) is 0 Å². The fraction of sp³-hybridized carbons (Fsp3) is 0.294. The second kappa shape index (κ2) is 7.96. The van der Waals surface area contributed by atoms with Crippen LogP contribution in [-0.2, 0) is 47.0 Å². The first-order valence-corrected chi connectivity index (χ1v) is 8.63. The Morgan fingerprint density at radius 2 is 1.88 bits per heavy atom. The van der Waals surface area contributed by atoms with E-state index >= 15 is 0 Å². The average Bonchev–Trinajstić information content (AvgIpc) is 2.53. The number of ether oxygens (including phenoxy) is 2. The molecule has 0 saturated heterocycles. The zero-order chi connectivity index (χ0) is 16.4. The van der Waals surface area contributed by atoms with E-state index in [9.17, 15) is 8.42 Å². The molecule has 0 N–H and O–H groups in total. The van der Waals surface area contributed by atoms with Gasteiger partial charge in [0.1, 0.15) is 13.2 Å². The molecule has 0 amide bonds. The van der Waals surface area contributed by atoms with Crippen LogP contribution in [0.4, 0.5) is 0 Å². The zero-order valence-electron chi connectivity index (χ0n) is 13.5. The fourth-order valence-corrected chi connectivity index (χ4v) is 3.10. The number of hydrogen-bond donors (Lipinski definition) is 0. The predicted molar refractivity (Wildman–Crippen MR) is 84.2 cm³/mol. The van der Waals surface area contributed by atoms with Crippen LogP contribution in [0.5, 0.6) is 11.5 Å². The van der Waals surface area contributed by atoms with E-state index < -0.39 is 16.2 Å². The summed E-state index contributed by atoms with van der Waals surface area (Å²) in [5.41, 5.74) is 1.90. The zero-order valence-corrected chi connectivity index (χ0v) is 17.1. The summed E-state index contributed by atoms with van der Waals surface area (Å²) in [5.74, 6) is 1.09. The Kier molecular flexibility index (Phi) is 6.42. The van der Waals surface area contributed by atoms with Gasteiger partial charge in [-0.15, -0.1) is 12.1 Å². The molecule has 7 heteroatoms. The summed E-state index contributed by atoms with van der Waals surface area (Å²) in [5, 5.41) is 0. The summed E-state index contributed by atoms with van der Waals surface area (Å²) in [6.07, 6.45) is -0.499. The van der Waals surface area contributed by atoms with Gasteiger partial charge in [-0.2, -0.15) is 20.0 Å². The molecule has 1 radical (unpaired) electrons. The third kappa shape index (κ3) is 4.57. The molecular formula is C17H17O5SY-. The molecule has 3 rings (SSSR count). The van der Waals surface area contributed by atoms with Crippen molar-refractivity contribution in [2.24, 2.45) is 0 Å². The Labute approximate surface area is 167 Å². The third-order valence-electron chi connectivity index (χ3n) is 3.45. The molecule has 1 atom stereocenters. The molecule has 1 heterocycles. The molecular weight excluding hydrogens is 405 g/mol. The van der Waals surface area contributed by atoms with E-state index in [0.29, 0.717) is 11.5 Å². The molecule has 1 aliphatic heterocycles. The quantitative estimate of drug-likeness (QED) is 0.560. The molecule has 1 aliphatic rings. The molecule has 125 valence electrons. The molecule has 1 unspecified atom stereocenters. The largest absolute Gasteiger partial charge is 0.543 e. The molecule has 2 aromatic rings. The Morgan fingerprint density at radius 1 is 1.17 bits per heavy atom. The summed E-state index contributed by atoms with van der Waals surface area (Å²) >= 11 is 0. The topological polar surface area (TPSA) is 61.8 Å². The van der Waals surface area contributed by atoms with Crippen LogP contribution in [-0.4, -0.2) is 27.7 Å². The molecule has 0 bridgehead atoms. The molecule has 2 aromatic carbocycles. The summed E-state index contributed by atoms with van der Waals surface area (Å²) in [7, 11) is -3.81. The maximum Gasteiger partial charge on any atom is 0.297 e. The Morgan fingerprint density at radius 3 is 2.58 bits per heavy atom. The fourth-order valence-electron chi connectivity index (χ4n) is 2.16. The summed E-state index contributed by atoms with van der Waals surface area (Å²) < 4.78 is 40.7. The van der Waals surface area contributed by atoms with Crippen LogP contribution in [0, 0.1) is 19.9 Å². The minimum Gasteiger partial charge on any atom is -0.543 e. The van der Waals surface area contributed by atoms with Crippen LogP contribution in [0.15, 0.2) is 41.3 Å². The van der Waals surface area contributed by atoms with Crippen LogP contribution in [0.25, 0.3) is 0 Å². The van der Waals surface area contributed by atoms with Crippen molar-refractivity contribution in [3.05, 3.63) is 53.6 Å². The smallest absolute Gasteiger partial charge is 0.297 e. The molecule has 0 saturated carbocycles. The third-order valence-corrected chi connectivity index (χ3v) is 4.74. The first-order chi connectivity index (χ1) is 10.9. The maximum atomic E-state index is 12.2. The maximum absolute atomic E-state index is 12.2. The number of fused-ring (bicyclic) bond motifs is 1. The first-order valence-electron chi connectivity index (χ1n) is 7.22. The van der Waals surface area contributed by atoms with Crippen molar-refractivity contribution >= 4 is 10.1 Å². The van der Waals surface area contributed by atoms with Crippen molar-refractivity contribution < 1.29 is 54.8 Å². The van der Waals surface area contributed by atoms with Gasteiger partial charge in [-0.3, -0.25) is 4.18 Å². The first kappa shape index (κ1) is 19.4. The predicted octanol–water partition coefficient (Wildman–Crippen LogP) is 2.65. The number of hydrogen-bond acceptors (Lipinski definition) is 5. The van der Waals surface area contributed by atoms with Gasteiger partial charge in [0.05, 0.1) is 4.90 Å². The molecule has 0 fully saturated rings. The van der Waals surface area contributed by atoms with Gasteiger partial charge in [0, 0.05) is 44.2 Å². The minimum absolute atomic E-state index is 0. The van der Waals surface area contributed by atoms with Gasteiger partial charge in [0.15, 0.2) is 6.10 Å². The average molecular weight is 422 g/mol. The minimum atomic E-state index is -3.81. The summed E-state index contributed by atoms with van der Waals surface area (Å²) in [4.78, 5) is 0.127. The number of rotatable bonds is 4. The second-order valence-corrected chi connectivity index (χ2v) is 7.05. The van der Waals surface area contributed by atoms with Crippen LogP contribution < -0.4 is 9.47 Å². The number of benzene rings is 2. The van der Waals surface area contributed by atoms with Crippen molar-refractivity contribution in [1.82, 2.24) is 0 Å². The van der Waals surface area contributed by atoms with Gasteiger partial charge in [0.25, 0.3) is 10.1 Å². The summed E-state index contributed by atoms with van der Waals surface area (Å²) in [6.45, 7) is 3.90. The summed E-state index contributed by atoms with van der Waals surface area (Å²) in [6, 6.07) is 13.2. The van der Waals surface area contributed by atoms with E-state index in [4.69, 9.17) is 13.7 Å². The molecule has 0 spiro atoms. The van der Waals surface area contributed by atoms with Crippen LogP contribution in [0.1, 0.15) is 11.1 Å². The van der Waals surface area contributed by atoms with Gasteiger partial charge in [-0.05, 0) is 19.1 Å². The van der Waals surface area contributed by atoms with Gasteiger partial charge in [0.2, 0.25) is 0 Å².